The van der Waals surface area contributed by atoms with Crippen molar-refractivity contribution in [3.8, 4) is 5.75 Å². The van der Waals surface area contributed by atoms with E-state index in [4.69, 9.17) is 9.47 Å². The van der Waals surface area contributed by atoms with Gasteiger partial charge < -0.3 is 9.47 Å². The van der Waals surface area contributed by atoms with Crippen LogP contribution >= 0.6 is 15.9 Å². The number of benzene rings is 2. The average Bonchev–Trinajstić information content (AvgIpc) is 3.21. The van der Waals surface area contributed by atoms with Crippen molar-refractivity contribution in [2.75, 3.05) is 13.2 Å². The Morgan fingerprint density at radius 3 is 2.57 bits per heavy atom. The SMILES string of the molecule is C/C(=C(/OCCCOc1ccc(Br)cc1)c1ccc(F)cc1F)n1cncn1. The van der Waals surface area contributed by atoms with Gasteiger partial charge >= 0.3 is 0 Å². The second kappa shape index (κ2) is 9.45. The van der Waals surface area contributed by atoms with E-state index in [9.17, 15) is 8.78 Å². The summed E-state index contributed by atoms with van der Waals surface area (Å²) < 4.78 is 41.5. The van der Waals surface area contributed by atoms with Crippen molar-refractivity contribution in [3.05, 3.63) is 76.8 Å². The third-order valence-electron chi connectivity index (χ3n) is 3.88. The molecule has 0 saturated carbocycles. The molecule has 1 aromatic heterocycles. The molecule has 0 unspecified atom stereocenters. The van der Waals surface area contributed by atoms with Crippen molar-refractivity contribution < 1.29 is 18.3 Å². The van der Waals surface area contributed by atoms with Crippen molar-refractivity contribution in [2.45, 2.75) is 13.3 Å². The molecule has 0 spiro atoms. The normalized spacial score (nSPS) is 11.9. The molecule has 3 aromatic rings. The minimum Gasteiger partial charge on any atom is -0.493 e. The fourth-order valence-electron chi connectivity index (χ4n) is 2.49. The van der Waals surface area contributed by atoms with Crippen LogP contribution in [0, 0.1) is 11.6 Å². The molecule has 0 bridgehead atoms. The highest BCUT2D eigenvalue weighted by molar-refractivity contribution is 9.10. The number of nitrogens with zero attached hydrogens (tertiary/aromatic N) is 3. The molecule has 0 aliphatic rings. The van der Waals surface area contributed by atoms with Crippen LogP contribution in [0.4, 0.5) is 8.78 Å². The summed E-state index contributed by atoms with van der Waals surface area (Å²) in [5, 5.41) is 4.04. The maximum Gasteiger partial charge on any atom is 0.150 e. The van der Waals surface area contributed by atoms with Crippen LogP contribution in [0.3, 0.4) is 0 Å². The summed E-state index contributed by atoms with van der Waals surface area (Å²) in [5.41, 5.74) is 0.695. The van der Waals surface area contributed by atoms with Crippen molar-refractivity contribution >= 4 is 27.4 Å². The standard InChI is InChI=1S/C20H18BrF2N3O2/c1-14(26-13-24-12-25-26)20(18-8-5-16(22)11-19(18)23)28-10-2-9-27-17-6-3-15(21)4-7-17/h3-8,11-13H,2,9-10H2,1H3/b20-14-. The van der Waals surface area contributed by atoms with Gasteiger partial charge in [-0.25, -0.2) is 18.4 Å². The van der Waals surface area contributed by atoms with Crippen molar-refractivity contribution in [2.24, 2.45) is 0 Å². The van der Waals surface area contributed by atoms with Crippen LogP contribution in [0.5, 0.6) is 5.75 Å². The summed E-state index contributed by atoms with van der Waals surface area (Å²) in [6.45, 7) is 2.45. The molecule has 0 saturated heterocycles. The molecule has 0 N–H and O–H groups in total. The number of halogens is 3. The van der Waals surface area contributed by atoms with E-state index in [0.717, 1.165) is 16.3 Å². The highest BCUT2D eigenvalue weighted by Crippen LogP contribution is 2.26. The van der Waals surface area contributed by atoms with Gasteiger partial charge in [0.1, 0.15) is 30.0 Å². The first-order valence-corrected chi connectivity index (χ1v) is 9.36. The van der Waals surface area contributed by atoms with Gasteiger partial charge in [-0.2, -0.15) is 5.10 Å². The molecule has 28 heavy (non-hydrogen) atoms. The number of aromatic nitrogens is 3. The molecule has 3 rings (SSSR count). The molecule has 0 amide bonds. The molecule has 146 valence electrons. The van der Waals surface area contributed by atoms with Crippen LogP contribution in [0.25, 0.3) is 11.5 Å². The Morgan fingerprint density at radius 2 is 1.89 bits per heavy atom. The predicted molar refractivity (Wildman–Crippen MR) is 105 cm³/mol. The molecule has 8 heteroatoms. The Hall–Kier alpha value is -2.74. The zero-order valence-electron chi connectivity index (χ0n) is 15.1. The van der Waals surface area contributed by atoms with Gasteiger partial charge in [0.25, 0.3) is 0 Å². The quantitative estimate of drug-likeness (QED) is 0.352. The summed E-state index contributed by atoms with van der Waals surface area (Å²) in [6.07, 6.45) is 3.43. The van der Waals surface area contributed by atoms with Gasteiger partial charge in [-0.3, -0.25) is 0 Å². The van der Waals surface area contributed by atoms with Gasteiger partial charge in [-0.1, -0.05) is 15.9 Å². The van der Waals surface area contributed by atoms with Gasteiger partial charge in [0, 0.05) is 17.0 Å². The predicted octanol–water partition coefficient (Wildman–Crippen LogP) is 5.15. The molecular weight excluding hydrogens is 432 g/mol. The third kappa shape index (κ3) is 5.16. The Labute approximate surface area is 169 Å². The number of hydrogen-bond acceptors (Lipinski definition) is 4. The molecular formula is C20H18BrF2N3O2. The third-order valence-corrected chi connectivity index (χ3v) is 4.41. The van der Waals surface area contributed by atoms with Gasteiger partial charge in [0.05, 0.1) is 24.5 Å². The molecule has 0 atom stereocenters. The Morgan fingerprint density at radius 1 is 1.11 bits per heavy atom. The summed E-state index contributed by atoms with van der Waals surface area (Å²) in [4.78, 5) is 3.89. The Kier molecular flexibility index (Phi) is 6.76. The lowest BCUT2D eigenvalue weighted by Gasteiger charge is -2.15. The second-order valence-electron chi connectivity index (χ2n) is 5.88. The summed E-state index contributed by atoms with van der Waals surface area (Å²) >= 11 is 3.37. The first-order chi connectivity index (χ1) is 13.5. The van der Waals surface area contributed by atoms with E-state index in [1.165, 1.54) is 29.5 Å². The molecule has 5 nitrogen and oxygen atoms in total. The maximum absolute atomic E-state index is 14.3. The van der Waals surface area contributed by atoms with E-state index >= 15 is 0 Å². The molecule has 0 aliphatic heterocycles. The van der Waals surface area contributed by atoms with Crippen molar-refractivity contribution in [1.29, 1.82) is 0 Å². The number of allylic oxidation sites excluding steroid dienone is 1. The van der Waals surface area contributed by atoms with Crippen LogP contribution in [0.2, 0.25) is 0 Å². The van der Waals surface area contributed by atoms with Crippen LogP contribution < -0.4 is 4.74 Å². The molecule has 0 fully saturated rings. The molecule has 2 aromatic carbocycles. The zero-order chi connectivity index (χ0) is 19.9. The highest BCUT2D eigenvalue weighted by atomic mass is 79.9. The summed E-state index contributed by atoms with van der Waals surface area (Å²) in [5.74, 6) is -0.337. The monoisotopic (exact) mass is 449 g/mol. The van der Waals surface area contributed by atoms with Gasteiger partial charge in [-0.05, 0) is 43.3 Å². The summed E-state index contributed by atoms with van der Waals surface area (Å²) in [6, 6.07) is 10.9. The smallest absolute Gasteiger partial charge is 0.150 e. The Bertz CT molecular complexity index is 945. The van der Waals surface area contributed by atoms with E-state index in [2.05, 4.69) is 26.0 Å². The van der Waals surface area contributed by atoms with E-state index in [-0.39, 0.29) is 17.9 Å². The van der Waals surface area contributed by atoms with Crippen molar-refractivity contribution in [3.63, 3.8) is 0 Å². The lowest BCUT2D eigenvalue weighted by Crippen LogP contribution is -2.07. The van der Waals surface area contributed by atoms with Crippen LogP contribution in [0.1, 0.15) is 18.9 Å². The van der Waals surface area contributed by atoms with E-state index in [1.54, 1.807) is 6.92 Å². The average molecular weight is 450 g/mol. The first-order valence-electron chi connectivity index (χ1n) is 8.57. The van der Waals surface area contributed by atoms with Crippen molar-refractivity contribution in [1.82, 2.24) is 14.8 Å². The number of rotatable bonds is 8. The van der Waals surface area contributed by atoms with Crippen LogP contribution in [-0.4, -0.2) is 28.0 Å². The topological polar surface area (TPSA) is 49.2 Å². The second-order valence-corrected chi connectivity index (χ2v) is 6.80. The van der Waals surface area contributed by atoms with Gasteiger partial charge in [0.2, 0.25) is 0 Å². The molecule has 1 heterocycles. The number of ether oxygens (including phenoxy) is 2. The fraction of sp³-hybridized carbons (Fsp3) is 0.200. The van der Waals surface area contributed by atoms with Gasteiger partial charge in [0.15, 0.2) is 5.76 Å². The largest absolute Gasteiger partial charge is 0.493 e. The van der Waals surface area contributed by atoms with Crippen LogP contribution in [0.15, 0.2) is 59.6 Å². The minimum absolute atomic E-state index is 0.156. The lowest BCUT2D eigenvalue weighted by molar-refractivity contribution is 0.225. The highest BCUT2D eigenvalue weighted by Gasteiger charge is 2.15. The van der Waals surface area contributed by atoms with E-state index < -0.39 is 11.6 Å². The maximum atomic E-state index is 14.3. The van der Waals surface area contributed by atoms with E-state index in [0.29, 0.717) is 18.7 Å². The van der Waals surface area contributed by atoms with Gasteiger partial charge in [-0.15, -0.1) is 0 Å². The zero-order valence-corrected chi connectivity index (χ0v) is 16.7. The minimum atomic E-state index is -0.708. The van der Waals surface area contributed by atoms with Crippen LogP contribution in [-0.2, 0) is 4.74 Å². The molecule has 0 aliphatic carbocycles. The first kappa shape index (κ1) is 20.0. The fourth-order valence-corrected chi connectivity index (χ4v) is 2.75. The van der Waals surface area contributed by atoms with E-state index in [1.807, 2.05) is 24.3 Å². The Balaban J connectivity index is 1.68. The summed E-state index contributed by atoms with van der Waals surface area (Å²) in [7, 11) is 0. The molecule has 0 radical (unpaired) electrons. The lowest BCUT2D eigenvalue weighted by atomic mass is 10.1. The number of hydrogen-bond donors (Lipinski definition) is 0.